The van der Waals surface area contributed by atoms with Crippen molar-refractivity contribution in [2.75, 3.05) is 4.72 Å². The second-order valence-electron chi connectivity index (χ2n) is 6.83. The Morgan fingerprint density at radius 1 is 1.17 bits per heavy atom. The first kappa shape index (κ1) is 22.4. The predicted octanol–water partition coefficient (Wildman–Crippen LogP) is 3.36. The topological polar surface area (TPSA) is 101 Å². The summed E-state index contributed by atoms with van der Waals surface area (Å²) in [6, 6.07) is 6.85. The van der Waals surface area contributed by atoms with E-state index in [0.717, 1.165) is 38.3 Å². The molecule has 7 nitrogen and oxygen atoms in total. The molecule has 0 aliphatic carbocycles. The van der Waals surface area contributed by atoms with Crippen LogP contribution in [0, 0.1) is 13.8 Å². The molecule has 0 aliphatic rings. The molecule has 0 bridgehead atoms. The van der Waals surface area contributed by atoms with Crippen molar-refractivity contribution < 1.29 is 13.2 Å². The number of carbonyl (C=O) groups is 1. The van der Waals surface area contributed by atoms with Gasteiger partial charge in [0.2, 0.25) is 16.8 Å². The highest BCUT2D eigenvalue weighted by molar-refractivity contribution is 7.73. The zero-order valence-corrected chi connectivity index (χ0v) is 19.5. The maximum absolute atomic E-state index is 12.8. The third-order valence-electron chi connectivity index (χ3n) is 4.51. The Morgan fingerprint density at radius 3 is 2.47 bits per heavy atom. The zero-order valence-electron chi connectivity index (χ0n) is 17.0. The summed E-state index contributed by atoms with van der Waals surface area (Å²) in [7, 11) is -2.70. The van der Waals surface area contributed by atoms with E-state index in [2.05, 4.69) is 20.0 Å². The number of nitrogens with zero attached hydrogens (tertiary/aromatic N) is 2. The van der Waals surface area contributed by atoms with E-state index in [-0.39, 0.29) is 18.4 Å². The molecule has 30 heavy (non-hydrogen) atoms. The Labute approximate surface area is 185 Å². The minimum Gasteiger partial charge on any atom is -0.346 e. The molecule has 3 aromatic rings. The van der Waals surface area contributed by atoms with Gasteiger partial charge in [-0.15, -0.1) is 22.7 Å². The molecule has 2 aromatic heterocycles. The van der Waals surface area contributed by atoms with E-state index in [1.165, 1.54) is 11.3 Å². The third kappa shape index (κ3) is 6.10. The van der Waals surface area contributed by atoms with E-state index in [4.69, 9.17) is 0 Å². The SMILES string of the molecule is CCc1csc([C@H](Cc2ccc(N[SH](=O)=O)cc2)NC(=O)Cc2nc(C)sc2C)n1. The zero-order chi connectivity index (χ0) is 21.7. The Kier molecular flexibility index (Phi) is 7.57. The van der Waals surface area contributed by atoms with Gasteiger partial charge in [-0.1, -0.05) is 19.1 Å². The summed E-state index contributed by atoms with van der Waals surface area (Å²) in [5.41, 5.74) is 3.29. The predicted molar refractivity (Wildman–Crippen MR) is 122 cm³/mol. The molecule has 0 fully saturated rings. The quantitative estimate of drug-likeness (QED) is 0.422. The second kappa shape index (κ2) is 10.1. The van der Waals surface area contributed by atoms with Gasteiger partial charge in [0.25, 0.3) is 0 Å². The number of anilines is 1. The van der Waals surface area contributed by atoms with Crippen molar-refractivity contribution in [2.24, 2.45) is 0 Å². The van der Waals surface area contributed by atoms with Crippen molar-refractivity contribution >= 4 is 45.2 Å². The van der Waals surface area contributed by atoms with E-state index in [1.807, 2.05) is 38.3 Å². The molecule has 0 spiro atoms. The van der Waals surface area contributed by atoms with Crippen LogP contribution in [0.3, 0.4) is 0 Å². The standard InChI is InChI=1S/C20H24N4O3S3/c1-4-15-11-28-20(22-15)18(9-14-5-7-16(8-6-14)24-30(26)27)23-19(25)10-17-12(2)29-13(3)21-17/h5-8,11,18,30H,4,9-10H2,1-3H3,(H,23,25)(H,24,26,27)/t18-/m0/s1. The van der Waals surface area contributed by atoms with Crippen molar-refractivity contribution in [3.63, 3.8) is 0 Å². The van der Waals surface area contributed by atoms with Crippen molar-refractivity contribution in [3.8, 4) is 0 Å². The van der Waals surface area contributed by atoms with Gasteiger partial charge < -0.3 is 5.32 Å². The summed E-state index contributed by atoms with van der Waals surface area (Å²) >= 11 is 3.13. The molecular weight excluding hydrogens is 440 g/mol. The summed E-state index contributed by atoms with van der Waals surface area (Å²) in [5.74, 6) is -0.0942. The molecule has 160 valence electrons. The van der Waals surface area contributed by atoms with Gasteiger partial charge in [0.05, 0.1) is 28.9 Å². The average Bonchev–Trinajstić information content (AvgIpc) is 3.28. The minimum absolute atomic E-state index is 0.0942. The molecule has 0 unspecified atom stereocenters. The van der Waals surface area contributed by atoms with Crippen molar-refractivity contribution in [2.45, 2.75) is 46.1 Å². The van der Waals surface area contributed by atoms with Crippen molar-refractivity contribution in [1.29, 1.82) is 0 Å². The lowest BCUT2D eigenvalue weighted by atomic mass is 10.1. The van der Waals surface area contributed by atoms with Crippen LogP contribution in [-0.4, -0.2) is 24.3 Å². The fraction of sp³-hybridized carbons (Fsp3) is 0.350. The highest BCUT2D eigenvalue weighted by Crippen LogP contribution is 2.24. The van der Waals surface area contributed by atoms with Crippen LogP contribution in [0.15, 0.2) is 29.6 Å². The number of aromatic nitrogens is 2. The van der Waals surface area contributed by atoms with Crippen LogP contribution in [0.4, 0.5) is 5.69 Å². The van der Waals surface area contributed by atoms with Gasteiger partial charge in [0.15, 0.2) is 0 Å². The van der Waals surface area contributed by atoms with Crippen LogP contribution >= 0.6 is 22.7 Å². The van der Waals surface area contributed by atoms with Crippen molar-refractivity contribution in [3.05, 3.63) is 61.5 Å². The van der Waals surface area contributed by atoms with Crippen LogP contribution in [0.25, 0.3) is 0 Å². The number of rotatable bonds is 9. The van der Waals surface area contributed by atoms with Crippen LogP contribution in [0.1, 0.15) is 44.8 Å². The smallest absolute Gasteiger partial charge is 0.226 e. The normalized spacial score (nSPS) is 12.1. The van der Waals surface area contributed by atoms with E-state index >= 15 is 0 Å². The second-order valence-corrected chi connectivity index (χ2v) is 9.87. The largest absolute Gasteiger partial charge is 0.346 e. The van der Waals surface area contributed by atoms with Crippen molar-refractivity contribution in [1.82, 2.24) is 15.3 Å². The van der Waals surface area contributed by atoms with Gasteiger partial charge in [0, 0.05) is 15.9 Å². The van der Waals surface area contributed by atoms with Gasteiger partial charge >= 0.3 is 0 Å². The molecule has 1 amide bonds. The van der Waals surface area contributed by atoms with Gasteiger partial charge in [-0.25, -0.2) is 18.4 Å². The molecule has 0 saturated heterocycles. The summed E-state index contributed by atoms with van der Waals surface area (Å²) in [6.45, 7) is 5.96. The molecule has 2 N–H and O–H groups in total. The molecule has 3 rings (SSSR count). The van der Waals surface area contributed by atoms with Crippen LogP contribution in [0.5, 0.6) is 0 Å². The van der Waals surface area contributed by atoms with Crippen LogP contribution < -0.4 is 10.0 Å². The Balaban J connectivity index is 1.76. The van der Waals surface area contributed by atoms with Gasteiger partial charge in [0.1, 0.15) is 5.01 Å². The summed E-state index contributed by atoms with van der Waals surface area (Å²) in [5, 5.41) is 6.94. The first-order chi connectivity index (χ1) is 14.3. The molecule has 1 aromatic carbocycles. The minimum atomic E-state index is -2.70. The Morgan fingerprint density at radius 2 is 1.90 bits per heavy atom. The lowest BCUT2D eigenvalue weighted by Crippen LogP contribution is -2.31. The highest BCUT2D eigenvalue weighted by atomic mass is 32.2. The Bertz CT molecular complexity index is 1080. The molecule has 0 saturated carbocycles. The van der Waals surface area contributed by atoms with Crippen LogP contribution in [0.2, 0.25) is 0 Å². The number of benzene rings is 1. The number of carbonyl (C=O) groups excluding carboxylic acids is 1. The third-order valence-corrected chi connectivity index (χ3v) is 6.88. The lowest BCUT2D eigenvalue weighted by molar-refractivity contribution is -0.121. The van der Waals surface area contributed by atoms with E-state index in [0.29, 0.717) is 12.1 Å². The molecule has 0 radical (unpaired) electrons. The average molecular weight is 465 g/mol. The molecule has 10 heteroatoms. The first-order valence-corrected chi connectivity index (χ1v) is 12.4. The summed E-state index contributed by atoms with van der Waals surface area (Å²) < 4.78 is 24.0. The molecule has 0 aliphatic heterocycles. The number of aryl methyl sites for hydroxylation is 3. The first-order valence-electron chi connectivity index (χ1n) is 9.50. The molecule has 1 atom stereocenters. The number of nitrogens with one attached hydrogen (secondary N) is 2. The monoisotopic (exact) mass is 464 g/mol. The maximum atomic E-state index is 12.8. The number of thiol groups is 1. The molecular formula is C20H24N4O3S3. The number of thiazole rings is 2. The van der Waals surface area contributed by atoms with Gasteiger partial charge in [-0.3, -0.25) is 9.52 Å². The van der Waals surface area contributed by atoms with Crippen LogP contribution in [-0.2, 0) is 34.9 Å². The number of amides is 1. The Hall–Kier alpha value is -2.30. The van der Waals surface area contributed by atoms with E-state index < -0.39 is 10.9 Å². The fourth-order valence-corrected chi connectivity index (χ4v) is 5.18. The number of hydrogen-bond acceptors (Lipinski definition) is 7. The maximum Gasteiger partial charge on any atom is 0.226 e. The van der Waals surface area contributed by atoms with Gasteiger partial charge in [-0.2, -0.15) is 0 Å². The molecule has 2 heterocycles. The number of hydrogen-bond donors (Lipinski definition) is 3. The lowest BCUT2D eigenvalue weighted by Gasteiger charge is -2.17. The summed E-state index contributed by atoms with van der Waals surface area (Å²) in [4.78, 5) is 22.9. The van der Waals surface area contributed by atoms with Gasteiger partial charge in [-0.05, 0) is 44.4 Å². The summed E-state index contributed by atoms with van der Waals surface area (Å²) in [6.07, 6.45) is 1.63. The van der Waals surface area contributed by atoms with E-state index in [1.54, 1.807) is 23.5 Å². The highest BCUT2D eigenvalue weighted by Gasteiger charge is 2.20. The fourth-order valence-electron chi connectivity index (χ4n) is 3.04. The van der Waals surface area contributed by atoms with E-state index in [9.17, 15) is 13.2 Å².